The van der Waals surface area contributed by atoms with Crippen molar-refractivity contribution in [2.24, 2.45) is 11.8 Å². The minimum Gasteiger partial charge on any atom is -0.486 e. The minimum atomic E-state index is -0.175. The number of anilines is 1. The van der Waals surface area contributed by atoms with Crippen LogP contribution in [0.4, 0.5) is 10.5 Å². The van der Waals surface area contributed by atoms with E-state index in [-0.39, 0.29) is 18.0 Å². The second-order valence-corrected chi connectivity index (χ2v) is 8.03. The van der Waals surface area contributed by atoms with E-state index in [4.69, 9.17) is 9.47 Å². The van der Waals surface area contributed by atoms with Gasteiger partial charge in [-0.3, -0.25) is 4.79 Å². The lowest BCUT2D eigenvalue weighted by Crippen LogP contribution is -2.50. The fourth-order valence-corrected chi connectivity index (χ4v) is 4.35. The van der Waals surface area contributed by atoms with E-state index in [1.54, 1.807) is 4.90 Å². The molecule has 0 radical (unpaired) electrons. The highest BCUT2D eigenvalue weighted by molar-refractivity contribution is 5.97. The fraction of sp³-hybridized carbons (Fsp3) is 0.600. The maximum absolute atomic E-state index is 12.6. The average molecular weight is 373 g/mol. The summed E-state index contributed by atoms with van der Waals surface area (Å²) in [6.07, 6.45) is 1.47. The molecule has 0 spiro atoms. The summed E-state index contributed by atoms with van der Waals surface area (Å²) in [6, 6.07) is 5.30. The Balaban J connectivity index is 1.40. The van der Waals surface area contributed by atoms with Gasteiger partial charge in [0.05, 0.1) is 6.04 Å². The molecule has 0 aromatic heterocycles. The summed E-state index contributed by atoms with van der Waals surface area (Å²) < 4.78 is 11.1. The number of rotatable bonds is 2. The van der Waals surface area contributed by atoms with Crippen LogP contribution in [0, 0.1) is 11.8 Å². The zero-order chi connectivity index (χ0) is 19.0. The van der Waals surface area contributed by atoms with Gasteiger partial charge < -0.3 is 24.6 Å². The number of fused-ring (bicyclic) bond motifs is 1. The van der Waals surface area contributed by atoms with Gasteiger partial charge in [0.25, 0.3) is 0 Å². The van der Waals surface area contributed by atoms with Gasteiger partial charge in [-0.05, 0) is 30.4 Å². The predicted octanol–water partition coefficient (Wildman–Crippen LogP) is 2.25. The van der Waals surface area contributed by atoms with E-state index in [1.165, 1.54) is 0 Å². The van der Waals surface area contributed by atoms with Crippen molar-refractivity contribution in [3.63, 3.8) is 0 Å². The summed E-state index contributed by atoms with van der Waals surface area (Å²) >= 11 is 0. The number of benzene rings is 1. The molecule has 1 aromatic rings. The molecule has 27 heavy (non-hydrogen) atoms. The quantitative estimate of drug-likeness (QED) is 0.863. The molecule has 2 fully saturated rings. The van der Waals surface area contributed by atoms with E-state index in [1.807, 2.05) is 23.1 Å². The van der Waals surface area contributed by atoms with E-state index in [9.17, 15) is 9.59 Å². The Bertz CT molecular complexity index is 728. The lowest BCUT2D eigenvalue weighted by atomic mass is 9.92. The number of hydrogen-bond donors (Lipinski definition) is 1. The van der Waals surface area contributed by atoms with Crippen LogP contribution in [0.3, 0.4) is 0 Å². The normalized spacial score (nSPS) is 27.6. The highest BCUT2D eigenvalue weighted by atomic mass is 16.6. The molecule has 1 N–H and O–H groups in total. The van der Waals surface area contributed by atoms with Crippen molar-refractivity contribution in [1.29, 1.82) is 0 Å². The van der Waals surface area contributed by atoms with Crippen LogP contribution in [0.1, 0.15) is 26.7 Å². The molecule has 3 heterocycles. The molecule has 3 atom stereocenters. The highest BCUT2D eigenvalue weighted by Crippen LogP contribution is 2.35. The largest absolute Gasteiger partial charge is 0.486 e. The van der Waals surface area contributed by atoms with Crippen LogP contribution >= 0.6 is 0 Å². The van der Waals surface area contributed by atoms with E-state index in [0.29, 0.717) is 49.5 Å². The van der Waals surface area contributed by atoms with Crippen LogP contribution in [0.25, 0.3) is 0 Å². The molecule has 3 amide bonds. The number of piperidine rings is 1. The molecular formula is C20H27N3O4. The smallest absolute Gasteiger partial charge is 0.317 e. The summed E-state index contributed by atoms with van der Waals surface area (Å²) in [5, 5.41) is 3.05. The van der Waals surface area contributed by atoms with Crippen molar-refractivity contribution in [1.82, 2.24) is 10.2 Å². The standard InChI is InChI=1S/C20H27N3O4/c1-13-7-14(2)11-22(10-13)20(25)21-15-8-19(24)23(12-15)16-3-4-17-18(9-16)27-6-5-26-17/h3-4,9,13-15H,5-8,10-12H2,1-2H3,(H,21,25)/t13-,14+,15-/m1/s1. The van der Waals surface area contributed by atoms with Crippen LogP contribution in [-0.2, 0) is 4.79 Å². The molecular weight excluding hydrogens is 346 g/mol. The summed E-state index contributed by atoms with van der Waals surface area (Å²) in [4.78, 5) is 28.7. The van der Waals surface area contributed by atoms with E-state index < -0.39 is 0 Å². The van der Waals surface area contributed by atoms with Crippen molar-refractivity contribution in [2.75, 3.05) is 37.7 Å². The van der Waals surface area contributed by atoms with Gasteiger partial charge in [0.2, 0.25) is 5.91 Å². The van der Waals surface area contributed by atoms with E-state index in [0.717, 1.165) is 25.2 Å². The monoisotopic (exact) mass is 373 g/mol. The summed E-state index contributed by atoms with van der Waals surface area (Å²) in [5.74, 6) is 2.40. The Morgan fingerprint density at radius 2 is 1.78 bits per heavy atom. The van der Waals surface area contributed by atoms with Gasteiger partial charge >= 0.3 is 6.03 Å². The number of carbonyl (C=O) groups is 2. The minimum absolute atomic E-state index is 0.0114. The molecule has 0 unspecified atom stereocenters. The van der Waals surface area contributed by atoms with Crippen molar-refractivity contribution in [3.05, 3.63) is 18.2 Å². The van der Waals surface area contributed by atoms with Crippen LogP contribution in [0.5, 0.6) is 11.5 Å². The zero-order valence-electron chi connectivity index (χ0n) is 15.9. The van der Waals surface area contributed by atoms with E-state index >= 15 is 0 Å². The Kier molecular flexibility index (Phi) is 4.85. The molecule has 0 bridgehead atoms. The Morgan fingerprint density at radius 3 is 2.52 bits per heavy atom. The number of ether oxygens (including phenoxy) is 2. The third kappa shape index (κ3) is 3.82. The molecule has 2 saturated heterocycles. The third-order valence-electron chi connectivity index (χ3n) is 5.45. The Hall–Kier alpha value is -2.44. The second-order valence-electron chi connectivity index (χ2n) is 8.03. The SMILES string of the molecule is C[C@@H]1C[C@H](C)CN(C(=O)N[C@@H]2CC(=O)N(c3ccc4c(c3)OCCO4)C2)C1. The Morgan fingerprint density at radius 1 is 1.07 bits per heavy atom. The van der Waals surface area contributed by atoms with Crippen LogP contribution in [-0.4, -0.2) is 55.7 Å². The number of nitrogens with zero attached hydrogens (tertiary/aromatic N) is 2. The van der Waals surface area contributed by atoms with Gasteiger partial charge in [0.1, 0.15) is 13.2 Å². The number of carbonyl (C=O) groups excluding carboxylic acids is 2. The summed E-state index contributed by atoms with van der Waals surface area (Å²) in [7, 11) is 0. The Labute approximate surface area is 159 Å². The second kappa shape index (κ2) is 7.29. The molecule has 0 aliphatic carbocycles. The molecule has 3 aliphatic heterocycles. The maximum Gasteiger partial charge on any atom is 0.317 e. The maximum atomic E-state index is 12.6. The van der Waals surface area contributed by atoms with Crippen molar-refractivity contribution in [2.45, 2.75) is 32.7 Å². The highest BCUT2D eigenvalue weighted by Gasteiger charge is 2.34. The molecule has 0 saturated carbocycles. The van der Waals surface area contributed by atoms with Gasteiger partial charge in [-0.2, -0.15) is 0 Å². The molecule has 4 rings (SSSR count). The molecule has 146 valence electrons. The number of urea groups is 1. The average Bonchev–Trinajstić information content (AvgIpc) is 3.00. The fourth-order valence-electron chi connectivity index (χ4n) is 4.35. The summed E-state index contributed by atoms with van der Waals surface area (Å²) in [5.41, 5.74) is 0.779. The van der Waals surface area contributed by atoms with Crippen LogP contribution in [0.2, 0.25) is 0 Å². The lowest BCUT2D eigenvalue weighted by molar-refractivity contribution is -0.117. The van der Waals surface area contributed by atoms with E-state index in [2.05, 4.69) is 19.2 Å². The number of hydrogen-bond acceptors (Lipinski definition) is 4. The first-order chi connectivity index (χ1) is 13.0. The number of nitrogens with one attached hydrogen (secondary N) is 1. The van der Waals surface area contributed by atoms with Gasteiger partial charge in [0, 0.05) is 37.8 Å². The van der Waals surface area contributed by atoms with Gasteiger partial charge in [-0.1, -0.05) is 13.8 Å². The molecule has 7 nitrogen and oxygen atoms in total. The van der Waals surface area contributed by atoms with Gasteiger partial charge in [-0.15, -0.1) is 0 Å². The van der Waals surface area contributed by atoms with Gasteiger partial charge in [-0.25, -0.2) is 4.79 Å². The topological polar surface area (TPSA) is 71.1 Å². The first-order valence-corrected chi connectivity index (χ1v) is 9.75. The molecule has 7 heteroatoms. The molecule has 1 aromatic carbocycles. The number of amides is 3. The van der Waals surface area contributed by atoms with Crippen LogP contribution in [0.15, 0.2) is 18.2 Å². The first-order valence-electron chi connectivity index (χ1n) is 9.75. The summed E-state index contributed by atoms with van der Waals surface area (Å²) in [6.45, 7) is 7.44. The lowest BCUT2D eigenvalue weighted by Gasteiger charge is -2.35. The first kappa shape index (κ1) is 17.9. The van der Waals surface area contributed by atoms with Crippen molar-refractivity contribution in [3.8, 4) is 11.5 Å². The van der Waals surface area contributed by atoms with Crippen molar-refractivity contribution < 1.29 is 19.1 Å². The third-order valence-corrected chi connectivity index (χ3v) is 5.45. The predicted molar refractivity (Wildman–Crippen MR) is 101 cm³/mol. The zero-order valence-corrected chi connectivity index (χ0v) is 15.9. The number of likely N-dealkylation sites (tertiary alicyclic amines) is 1. The van der Waals surface area contributed by atoms with Gasteiger partial charge in [0.15, 0.2) is 11.5 Å². The molecule has 3 aliphatic rings. The van der Waals surface area contributed by atoms with Crippen molar-refractivity contribution >= 4 is 17.6 Å². The van der Waals surface area contributed by atoms with Crippen LogP contribution < -0.4 is 19.7 Å².